The van der Waals surface area contributed by atoms with E-state index in [1.54, 1.807) is 31.2 Å². The van der Waals surface area contributed by atoms with E-state index in [-0.39, 0.29) is 24.6 Å². The third kappa shape index (κ3) is 4.52. The Morgan fingerprint density at radius 3 is 2.67 bits per heavy atom. The summed E-state index contributed by atoms with van der Waals surface area (Å²) in [6, 6.07) is 10.0. The highest BCUT2D eigenvalue weighted by molar-refractivity contribution is 5.80. The molecule has 0 spiro atoms. The van der Waals surface area contributed by atoms with E-state index in [0.717, 1.165) is 12.1 Å². The first-order valence-corrected chi connectivity index (χ1v) is 7.46. The topological polar surface area (TPSA) is 49.8 Å². The average molecular weight is 335 g/mol. The lowest BCUT2D eigenvalue weighted by Crippen LogP contribution is -2.37. The number of amides is 1. The molecule has 0 aliphatic heterocycles. The molecular formula is C18H19F2NO3. The number of hydrogen-bond donors (Lipinski definition) is 1. The quantitative estimate of drug-likeness (QED) is 0.883. The summed E-state index contributed by atoms with van der Waals surface area (Å²) in [7, 11) is 1.52. The van der Waals surface area contributed by atoms with Crippen LogP contribution in [-0.4, -0.2) is 29.1 Å². The molecule has 1 N–H and O–H groups in total. The molecule has 4 nitrogen and oxygen atoms in total. The van der Waals surface area contributed by atoms with Gasteiger partial charge in [0.25, 0.3) is 5.91 Å². The second kappa shape index (κ2) is 7.88. The Morgan fingerprint density at radius 1 is 1.25 bits per heavy atom. The van der Waals surface area contributed by atoms with Gasteiger partial charge in [-0.05, 0) is 30.7 Å². The number of aliphatic hydroxyl groups excluding tert-OH is 1. The molecular weight excluding hydrogens is 316 g/mol. The van der Waals surface area contributed by atoms with Crippen molar-refractivity contribution in [2.45, 2.75) is 26.2 Å². The summed E-state index contributed by atoms with van der Waals surface area (Å²) in [5.74, 6) is -1.23. The van der Waals surface area contributed by atoms with Gasteiger partial charge in [-0.3, -0.25) is 4.79 Å². The molecule has 128 valence electrons. The molecule has 2 aromatic carbocycles. The number of benzene rings is 2. The number of nitrogens with zero attached hydrogens (tertiary/aromatic N) is 1. The van der Waals surface area contributed by atoms with Crippen LogP contribution in [0.2, 0.25) is 0 Å². The van der Waals surface area contributed by atoms with Gasteiger partial charge in [0.1, 0.15) is 17.4 Å². The van der Waals surface area contributed by atoms with Crippen LogP contribution in [0.15, 0.2) is 42.5 Å². The van der Waals surface area contributed by atoms with Crippen molar-refractivity contribution >= 4 is 5.91 Å². The van der Waals surface area contributed by atoms with Crippen molar-refractivity contribution in [1.82, 2.24) is 4.90 Å². The zero-order chi connectivity index (χ0) is 17.7. The zero-order valence-corrected chi connectivity index (χ0v) is 13.5. The van der Waals surface area contributed by atoms with Crippen molar-refractivity contribution in [1.29, 1.82) is 0 Å². The second-order valence-electron chi connectivity index (χ2n) is 5.50. The van der Waals surface area contributed by atoms with Gasteiger partial charge in [-0.15, -0.1) is 0 Å². The number of aliphatic hydroxyl groups is 1. The lowest BCUT2D eigenvalue weighted by Gasteiger charge is -2.22. The predicted molar refractivity (Wildman–Crippen MR) is 85.3 cm³/mol. The van der Waals surface area contributed by atoms with Gasteiger partial charge in [-0.25, -0.2) is 8.78 Å². The maximum Gasteiger partial charge on any atom is 0.263 e. The second-order valence-corrected chi connectivity index (χ2v) is 5.50. The minimum Gasteiger partial charge on any atom is -0.481 e. The highest BCUT2D eigenvalue weighted by Crippen LogP contribution is 2.17. The third-order valence-corrected chi connectivity index (χ3v) is 3.54. The molecule has 0 aliphatic rings. The molecule has 24 heavy (non-hydrogen) atoms. The molecule has 0 radical (unpaired) electrons. The summed E-state index contributed by atoms with van der Waals surface area (Å²) >= 11 is 0. The van der Waals surface area contributed by atoms with E-state index in [2.05, 4.69) is 0 Å². The number of rotatable bonds is 6. The van der Waals surface area contributed by atoms with Crippen LogP contribution in [-0.2, 0) is 17.9 Å². The summed E-state index contributed by atoms with van der Waals surface area (Å²) in [5.41, 5.74) is 0.899. The molecule has 0 aromatic heterocycles. The van der Waals surface area contributed by atoms with Crippen LogP contribution >= 0.6 is 0 Å². The van der Waals surface area contributed by atoms with Crippen LogP contribution < -0.4 is 4.74 Å². The Bertz CT molecular complexity index is 721. The van der Waals surface area contributed by atoms with E-state index < -0.39 is 17.7 Å². The molecule has 2 aromatic rings. The molecule has 0 unspecified atom stereocenters. The van der Waals surface area contributed by atoms with Gasteiger partial charge in [0.15, 0.2) is 6.10 Å². The van der Waals surface area contributed by atoms with E-state index in [0.29, 0.717) is 11.3 Å². The monoisotopic (exact) mass is 335 g/mol. The molecule has 1 atom stereocenters. The first-order valence-electron chi connectivity index (χ1n) is 7.46. The van der Waals surface area contributed by atoms with Gasteiger partial charge in [0.05, 0.1) is 6.61 Å². The minimum atomic E-state index is -0.785. The Morgan fingerprint density at radius 2 is 2.00 bits per heavy atom. The molecule has 0 bridgehead atoms. The number of ether oxygens (including phenoxy) is 1. The molecule has 6 heteroatoms. The molecule has 0 fully saturated rings. The largest absolute Gasteiger partial charge is 0.481 e. The van der Waals surface area contributed by atoms with Crippen molar-refractivity contribution in [2.24, 2.45) is 0 Å². The number of carbonyl (C=O) groups excluding carboxylic acids is 1. The predicted octanol–water partition coefficient (Wildman–Crippen LogP) is 2.88. The summed E-state index contributed by atoms with van der Waals surface area (Å²) in [4.78, 5) is 13.7. The molecule has 2 rings (SSSR count). The van der Waals surface area contributed by atoms with Gasteiger partial charge in [-0.2, -0.15) is 0 Å². The molecule has 1 amide bonds. The summed E-state index contributed by atoms with van der Waals surface area (Å²) in [6.07, 6.45) is -0.785. The Labute approximate surface area is 139 Å². The average Bonchev–Trinajstić information content (AvgIpc) is 2.56. The lowest BCUT2D eigenvalue weighted by atomic mass is 10.2. The van der Waals surface area contributed by atoms with Crippen LogP contribution in [0.5, 0.6) is 5.75 Å². The van der Waals surface area contributed by atoms with Crippen molar-refractivity contribution in [3.8, 4) is 5.75 Å². The van der Waals surface area contributed by atoms with Crippen LogP contribution in [0.3, 0.4) is 0 Å². The van der Waals surface area contributed by atoms with Crippen molar-refractivity contribution in [2.75, 3.05) is 7.05 Å². The van der Waals surface area contributed by atoms with Crippen LogP contribution in [0.4, 0.5) is 8.78 Å². The molecule has 0 saturated carbocycles. The Hall–Kier alpha value is -2.47. The molecule has 0 saturated heterocycles. The van der Waals surface area contributed by atoms with Crippen molar-refractivity contribution in [3.63, 3.8) is 0 Å². The number of carbonyl (C=O) groups is 1. The standard InChI is InChI=1S/C18H19F2NO3/c1-12(24-16-5-3-4-13(8-16)11-22)18(23)21(2)10-14-6-7-15(19)9-17(14)20/h3-9,12,22H,10-11H2,1-2H3/t12-/m0/s1. The van der Waals surface area contributed by atoms with Crippen LogP contribution in [0.1, 0.15) is 18.1 Å². The number of hydrogen-bond acceptors (Lipinski definition) is 3. The molecule has 0 heterocycles. The maximum atomic E-state index is 13.7. The zero-order valence-electron chi connectivity index (χ0n) is 13.5. The first kappa shape index (κ1) is 17.9. The van der Waals surface area contributed by atoms with Crippen LogP contribution in [0.25, 0.3) is 0 Å². The Kier molecular flexibility index (Phi) is 5.87. The van der Waals surface area contributed by atoms with E-state index in [1.165, 1.54) is 18.0 Å². The summed E-state index contributed by atoms with van der Waals surface area (Å²) in [5, 5.41) is 9.11. The summed E-state index contributed by atoms with van der Waals surface area (Å²) < 4.78 is 32.2. The fourth-order valence-electron chi connectivity index (χ4n) is 2.27. The minimum absolute atomic E-state index is 0.00925. The van der Waals surface area contributed by atoms with E-state index in [1.807, 2.05) is 0 Å². The SMILES string of the molecule is C[C@H](Oc1cccc(CO)c1)C(=O)N(C)Cc1ccc(F)cc1F. The van der Waals surface area contributed by atoms with Gasteiger partial charge < -0.3 is 14.7 Å². The first-order chi connectivity index (χ1) is 11.4. The van der Waals surface area contributed by atoms with Gasteiger partial charge in [0, 0.05) is 25.2 Å². The Balaban J connectivity index is 2.01. The third-order valence-electron chi connectivity index (χ3n) is 3.54. The lowest BCUT2D eigenvalue weighted by molar-refractivity contribution is -0.137. The van der Waals surface area contributed by atoms with Gasteiger partial charge in [0.2, 0.25) is 0 Å². The van der Waals surface area contributed by atoms with Crippen molar-refractivity contribution in [3.05, 3.63) is 65.2 Å². The smallest absolute Gasteiger partial charge is 0.263 e. The highest BCUT2D eigenvalue weighted by Gasteiger charge is 2.20. The van der Waals surface area contributed by atoms with E-state index in [9.17, 15) is 13.6 Å². The number of likely N-dealkylation sites (N-methyl/N-ethyl adjacent to an activating group) is 1. The fraction of sp³-hybridized carbons (Fsp3) is 0.278. The van der Waals surface area contributed by atoms with E-state index in [4.69, 9.17) is 9.84 Å². The maximum absolute atomic E-state index is 13.7. The fourth-order valence-corrected chi connectivity index (χ4v) is 2.27. The normalized spacial score (nSPS) is 11.9. The number of halogens is 2. The van der Waals surface area contributed by atoms with Crippen molar-refractivity contribution < 1.29 is 23.4 Å². The summed E-state index contributed by atoms with van der Waals surface area (Å²) in [6.45, 7) is 1.48. The van der Waals surface area contributed by atoms with Crippen LogP contribution in [0, 0.1) is 11.6 Å². The van der Waals surface area contributed by atoms with E-state index >= 15 is 0 Å². The van der Waals surface area contributed by atoms with Gasteiger partial charge in [-0.1, -0.05) is 18.2 Å². The van der Waals surface area contributed by atoms with Gasteiger partial charge >= 0.3 is 0 Å². The highest BCUT2D eigenvalue weighted by atomic mass is 19.1. The molecule has 0 aliphatic carbocycles.